The maximum Gasteiger partial charge on any atom is 0.0980 e. The van der Waals surface area contributed by atoms with Crippen LogP contribution in [-0.2, 0) is 6.54 Å². The molecule has 1 N–H and O–H groups in total. The molecule has 0 radical (unpaired) electrons. The van der Waals surface area contributed by atoms with E-state index >= 15 is 0 Å². The third kappa shape index (κ3) is 2.22. The Labute approximate surface area is 93.9 Å². The molecule has 1 aromatic heterocycles. The SMILES string of the molecule is CNCc1ccc(-c2ccoc2)cc1Cl. The molecular formula is C12H12ClNO. The zero-order valence-corrected chi connectivity index (χ0v) is 9.21. The third-order valence-corrected chi connectivity index (χ3v) is 2.63. The minimum atomic E-state index is 0.781. The summed E-state index contributed by atoms with van der Waals surface area (Å²) in [6, 6.07) is 7.95. The first-order valence-corrected chi connectivity index (χ1v) is 5.14. The van der Waals surface area contributed by atoms with Gasteiger partial charge in [0.05, 0.1) is 12.5 Å². The first-order chi connectivity index (χ1) is 7.31. The number of benzene rings is 1. The van der Waals surface area contributed by atoms with Crippen LogP contribution in [0.3, 0.4) is 0 Å². The van der Waals surface area contributed by atoms with Crippen molar-refractivity contribution < 1.29 is 4.42 Å². The second-order valence-electron chi connectivity index (χ2n) is 3.35. The van der Waals surface area contributed by atoms with Gasteiger partial charge in [-0.25, -0.2) is 0 Å². The molecule has 2 nitrogen and oxygen atoms in total. The van der Waals surface area contributed by atoms with Crippen molar-refractivity contribution in [3.63, 3.8) is 0 Å². The minimum absolute atomic E-state index is 0.781. The average Bonchev–Trinajstić information content (AvgIpc) is 2.74. The fraction of sp³-hybridized carbons (Fsp3) is 0.167. The minimum Gasteiger partial charge on any atom is -0.472 e. The van der Waals surface area contributed by atoms with E-state index in [0.29, 0.717) is 0 Å². The van der Waals surface area contributed by atoms with Crippen molar-refractivity contribution in [1.82, 2.24) is 5.32 Å². The van der Waals surface area contributed by atoms with Gasteiger partial charge in [0, 0.05) is 17.1 Å². The van der Waals surface area contributed by atoms with E-state index in [1.807, 2.05) is 31.3 Å². The van der Waals surface area contributed by atoms with Crippen LogP contribution in [-0.4, -0.2) is 7.05 Å². The van der Waals surface area contributed by atoms with Gasteiger partial charge in [-0.3, -0.25) is 0 Å². The Morgan fingerprint density at radius 1 is 1.27 bits per heavy atom. The molecule has 0 aliphatic heterocycles. The van der Waals surface area contributed by atoms with Gasteiger partial charge < -0.3 is 9.73 Å². The molecule has 2 aromatic rings. The topological polar surface area (TPSA) is 25.2 Å². The molecule has 0 bridgehead atoms. The fourth-order valence-corrected chi connectivity index (χ4v) is 1.74. The summed E-state index contributed by atoms with van der Waals surface area (Å²) in [6.45, 7) is 0.782. The largest absolute Gasteiger partial charge is 0.472 e. The highest BCUT2D eigenvalue weighted by molar-refractivity contribution is 6.31. The molecule has 0 amide bonds. The maximum absolute atomic E-state index is 6.15. The van der Waals surface area contributed by atoms with Crippen LogP contribution in [0.15, 0.2) is 41.2 Å². The standard InChI is InChI=1S/C12H12ClNO/c1-14-7-10-3-2-9(6-12(10)13)11-4-5-15-8-11/h2-6,8,14H,7H2,1H3. The first kappa shape index (κ1) is 10.3. The van der Waals surface area contributed by atoms with E-state index < -0.39 is 0 Å². The number of furan rings is 1. The molecule has 0 saturated heterocycles. The molecule has 0 aliphatic rings. The number of hydrogen-bond donors (Lipinski definition) is 1. The number of nitrogens with one attached hydrogen (secondary N) is 1. The normalized spacial score (nSPS) is 10.5. The van der Waals surface area contributed by atoms with E-state index in [1.54, 1.807) is 12.5 Å². The van der Waals surface area contributed by atoms with Crippen molar-refractivity contribution in [2.75, 3.05) is 7.05 Å². The molecule has 0 atom stereocenters. The van der Waals surface area contributed by atoms with Crippen molar-refractivity contribution in [2.45, 2.75) is 6.54 Å². The average molecular weight is 222 g/mol. The molecule has 1 heterocycles. The number of halogens is 1. The van der Waals surface area contributed by atoms with E-state index in [4.69, 9.17) is 16.0 Å². The van der Waals surface area contributed by atoms with Gasteiger partial charge >= 0.3 is 0 Å². The summed E-state index contributed by atoms with van der Waals surface area (Å²) in [5, 5.41) is 3.86. The van der Waals surface area contributed by atoms with Gasteiger partial charge in [-0.15, -0.1) is 0 Å². The summed E-state index contributed by atoms with van der Waals surface area (Å²) in [4.78, 5) is 0. The van der Waals surface area contributed by atoms with Crippen molar-refractivity contribution in [2.24, 2.45) is 0 Å². The number of rotatable bonds is 3. The van der Waals surface area contributed by atoms with Crippen LogP contribution in [0.5, 0.6) is 0 Å². The van der Waals surface area contributed by atoms with E-state index in [0.717, 1.165) is 28.3 Å². The molecular weight excluding hydrogens is 210 g/mol. The van der Waals surface area contributed by atoms with Crippen LogP contribution in [0.4, 0.5) is 0 Å². The van der Waals surface area contributed by atoms with Crippen molar-refractivity contribution in [1.29, 1.82) is 0 Å². The Hall–Kier alpha value is -1.25. The molecule has 0 unspecified atom stereocenters. The highest BCUT2D eigenvalue weighted by Crippen LogP contribution is 2.25. The summed E-state index contributed by atoms with van der Waals surface area (Å²) in [5.74, 6) is 0. The van der Waals surface area contributed by atoms with E-state index in [9.17, 15) is 0 Å². The Bertz CT molecular complexity index is 437. The lowest BCUT2D eigenvalue weighted by Crippen LogP contribution is -2.05. The second kappa shape index (κ2) is 4.51. The Morgan fingerprint density at radius 3 is 2.73 bits per heavy atom. The second-order valence-corrected chi connectivity index (χ2v) is 3.76. The monoisotopic (exact) mass is 221 g/mol. The van der Waals surface area contributed by atoms with Gasteiger partial charge in [-0.2, -0.15) is 0 Å². The van der Waals surface area contributed by atoms with Gasteiger partial charge in [0.25, 0.3) is 0 Å². The maximum atomic E-state index is 6.15. The molecule has 0 spiro atoms. The van der Waals surface area contributed by atoms with Gasteiger partial charge in [0.2, 0.25) is 0 Å². The first-order valence-electron chi connectivity index (χ1n) is 4.77. The molecule has 0 fully saturated rings. The molecule has 0 aliphatic carbocycles. The quantitative estimate of drug-likeness (QED) is 0.860. The molecule has 2 rings (SSSR count). The summed E-state index contributed by atoms with van der Waals surface area (Å²) < 4.78 is 5.03. The van der Waals surface area contributed by atoms with Crippen LogP contribution in [0, 0.1) is 0 Å². The fourth-order valence-electron chi connectivity index (χ4n) is 1.49. The van der Waals surface area contributed by atoms with Gasteiger partial charge in [0.15, 0.2) is 0 Å². The molecule has 0 saturated carbocycles. The highest BCUT2D eigenvalue weighted by atomic mass is 35.5. The van der Waals surface area contributed by atoms with Crippen molar-refractivity contribution >= 4 is 11.6 Å². The Balaban J connectivity index is 2.33. The predicted octanol–water partition coefficient (Wildman–Crippen LogP) is 3.32. The Morgan fingerprint density at radius 2 is 2.13 bits per heavy atom. The third-order valence-electron chi connectivity index (χ3n) is 2.27. The van der Waals surface area contributed by atoms with Gasteiger partial charge in [-0.05, 0) is 30.3 Å². The van der Waals surface area contributed by atoms with Crippen LogP contribution in [0.25, 0.3) is 11.1 Å². The summed E-state index contributed by atoms with van der Waals surface area (Å²) >= 11 is 6.15. The van der Waals surface area contributed by atoms with E-state index in [2.05, 4.69) is 5.32 Å². The lowest BCUT2D eigenvalue weighted by molar-refractivity contribution is 0.568. The molecule has 78 valence electrons. The van der Waals surface area contributed by atoms with Crippen molar-refractivity contribution in [3.8, 4) is 11.1 Å². The summed E-state index contributed by atoms with van der Waals surface area (Å²) in [6.07, 6.45) is 3.37. The van der Waals surface area contributed by atoms with Crippen LogP contribution < -0.4 is 5.32 Å². The zero-order valence-electron chi connectivity index (χ0n) is 8.46. The number of hydrogen-bond acceptors (Lipinski definition) is 2. The Kier molecular flexibility index (Phi) is 3.09. The zero-order chi connectivity index (χ0) is 10.7. The van der Waals surface area contributed by atoms with E-state index in [-0.39, 0.29) is 0 Å². The smallest absolute Gasteiger partial charge is 0.0980 e. The lowest BCUT2D eigenvalue weighted by Gasteiger charge is -2.05. The predicted molar refractivity (Wildman–Crippen MR) is 61.9 cm³/mol. The lowest BCUT2D eigenvalue weighted by atomic mass is 10.1. The molecule has 1 aromatic carbocycles. The van der Waals surface area contributed by atoms with Crippen LogP contribution >= 0.6 is 11.6 Å². The molecule has 15 heavy (non-hydrogen) atoms. The van der Waals surface area contributed by atoms with Crippen LogP contribution in [0.2, 0.25) is 5.02 Å². The highest BCUT2D eigenvalue weighted by Gasteiger charge is 2.03. The van der Waals surface area contributed by atoms with Gasteiger partial charge in [0.1, 0.15) is 0 Å². The molecule has 3 heteroatoms. The summed E-state index contributed by atoms with van der Waals surface area (Å²) in [5.41, 5.74) is 3.23. The van der Waals surface area contributed by atoms with Crippen LogP contribution in [0.1, 0.15) is 5.56 Å². The van der Waals surface area contributed by atoms with Crippen molar-refractivity contribution in [3.05, 3.63) is 47.4 Å². The van der Waals surface area contributed by atoms with Gasteiger partial charge in [-0.1, -0.05) is 23.7 Å². The van der Waals surface area contributed by atoms with E-state index in [1.165, 1.54) is 0 Å². The summed E-state index contributed by atoms with van der Waals surface area (Å²) in [7, 11) is 1.90.